The third-order valence-electron chi connectivity index (χ3n) is 3.88. The number of carbonyl (C=O) groups is 3. The van der Waals surface area contributed by atoms with E-state index in [9.17, 15) is 24.5 Å². The van der Waals surface area contributed by atoms with Crippen LogP contribution in [0.4, 0.5) is 5.69 Å². The first-order valence-corrected chi connectivity index (χ1v) is 9.70. The molecule has 0 radical (unpaired) electrons. The second-order valence-electron chi connectivity index (χ2n) is 6.12. The van der Waals surface area contributed by atoms with Crippen molar-refractivity contribution in [1.82, 2.24) is 5.32 Å². The van der Waals surface area contributed by atoms with E-state index in [1.807, 2.05) is 30.3 Å². The molecule has 0 saturated heterocycles. The molecule has 0 heterocycles. The maximum atomic E-state index is 12.0. The Morgan fingerprint density at radius 2 is 1.76 bits per heavy atom. The molecule has 0 spiro atoms. The number of ether oxygens (including phenoxy) is 1. The van der Waals surface area contributed by atoms with Crippen molar-refractivity contribution in [1.29, 1.82) is 0 Å². The molecule has 0 saturated carbocycles. The average Bonchev–Trinajstić information content (AvgIpc) is 2.71. The topological polar surface area (TPSA) is 116 Å². The number of non-ortho nitro benzene ring substituents is 1. The molecule has 8 nitrogen and oxygen atoms in total. The van der Waals surface area contributed by atoms with Crippen molar-refractivity contribution in [3.05, 3.63) is 70.3 Å². The van der Waals surface area contributed by atoms with Gasteiger partial charge in [-0.2, -0.15) is 0 Å². The van der Waals surface area contributed by atoms with Crippen LogP contribution < -0.4 is 5.32 Å². The normalized spacial score (nSPS) is 11.3. The number of nitro benzene ring substituents is 1. The molecular formula is C20H20N2O6S. The number of hydrogen-bond donors (Lipinski definition) is 1. The van der Waals surface area contributed by atoms with Gasteiger partial charge in [-0.1, -0.05) is 30.3 Å². The minimum Gasteiger partial charge on any atom is -0.455 e. The van der Waals surface area contributed by atoms with Gasteiger partial charge >= 0.3 is 5.97 Å². The molecule has 0 aliphatic carbocycles. The molecule has 0 fully saturated rings. The zero-order valence-corrected chi connectivity index (χ0v) is 16.5. The van der Waals surface area contributed by atoms with Gasteiger partial charge in [0.25, 0.3) is 11.6 Å². The molecule has 2 rings (SSSR count). The number of amides is 1. The Morgan fingerprint density at radius 1 is 1.10 bits per heavy atom. The Bertz CT molecular complexity index is 870. The molecule has 0 bridgehead atoms. The number of thioether (sulfide) groups is 1. The molecule has 9 heteroatoms. The molecule has 0 aliphatic heterocycles. The minimum atomic E-state index is -0.696. The molecule has 2 aromatic rings. The first-order chi connectivity index (χ1) is 13.8. The average molecular weight is 416 g/mol. The van der Waals surface area contributed by atoms with E-state index in [2.05, 4.69) is 5.32 Å². The summed E-state index contributed by atoms with van der Waals surface area (Å²) in [6.45, 7) is 0.902. The summed E-state index contributed by atoms with van der Waals surface area (Å²) in [5.41, 5.74) is 0.869. The van der Waals surface area contributed by atoms with Crippen LogP contribution >= 0.6 is 11.8 Å². The number of Topliss-reactive ketones (excluding diaryl/α,β-unsaturated/α-hetero) is 1. The Hall–Kier alpha value is -3.20. The van der Waals surface area contributed by atoms with Crippen LogP contribution in [0.5, 0.6) is 0 Å². The van der Waals surface area contributed by atoms with Crippen molar-refractivity contribution in [2.75, 3.05) is 12.4 Å². The van der Waals surface area contributed by atoms with Crippen LogP contribution in [0.15, 0.2) is 59.5 Å². The van der Waals surface area contributed by atoms with Gasteiger partial charge in [0, 0.05) is 17.0 Å². The summed E-state index contributed by atoms with van der Waals surface area (Å²) >= 11 is 1.14. The van der Waals surface area contributed by atoms with Crippen molar-refractivity contribution in [2.24, 2.45) is 0 Å². The number of nitrogens with one attached hydrogen (secondary N) is 1. The molecule has 0 aliphatic rings. The zero-order chi connectivity index (χ0) is 21.2. The minimum absolute atomic E-state index is 0.0378. The molecule has 29 heavy (non-hydrogen) atoms. The Morgan fingerprint density at radius 3 is 2.34 bits per heavy atom. The summed E-state index contributed by atoms with van der Waals surface area (Å²) in [7, 11) is 0. The third kappa shape index (κ3) is 7.74. The standard InChI is InChI=1S/C20H20N2O6S/c1-14(23)18(11-15-5-3-2-4-6-15)21-19(24)12-28-20(25)13-29-17-9-7-16(8-10-17)22(26)27/h2-10,18H,11-13H2,1H3,(H,21,24)/t18-/m1/s1. The summed E-state index contributed by atoms with van der Waals surface area (Å²) in [5.74, 6) is -1.41. The lowest BCUT2D eigenvalue weighted by molar-refractivity contribution is -0.384. The van der Waals surface area contributed by atoms with Crippen LogP contribution in [-0.2, 0) is 25.5 Å². The number of esters is 1. The lowest BCUT2D eigenvalue weighted by Gasteiger charge is -2.16. The fourth-order valence-corrected chi connectivity index (χ4v) is 3.07. The van der Waals surface area contributed by atoms with Gasteiger partial charge in [-0.15, -0.1) is 11.8 Å². The second-order valence-corrected chi connectivity index (χ2v) is 7.17. The van der Waals surface area contributed by atoms with Crippen molar-refractivity contribution < 1.29 is 24.0 Å². The maximum absolute atomic E-state index is 12.0. The molecular weight excluding hydrogens is 396 g/mol. The Labute approximate surface area is 171 Å². The van der Waals surface area contributed by atoms with E-state index in [1.165, 1.54) is 31.2 Å². The summed E-state index contributed by atoms with van der Waals surface area (Å²) in [6.07, 6.45) is 0.353. The van der Waals surface area contributed by atoms with Gasteiger partial charge in [-0.25, -0.2) is 0 Å². The van der Waals surface area contributed by atoms with Crippen LogP contribution in [0, 0.1) is 10.1 Å². The van der Waals surface area contributed by atoms with E-state index in [0.29, 0.717) is 11.3 Å². The number of hydrogen-bond acceptors (Lipinski definition) is 7. The second kappa shape index (κ2) is 11.0. The van der Waals surface area contributed by atoms with E-state index in [4.69, 9.17) is 4.74 Å². The smallest absolute Gasteiger partial charge is 0.316 e. The number of carbonyl (C=O) groups excluding carboxylic acids is 3. The Kier molecular flexibility index (Phi) is 8.35. The number of ketones is 1. The van der Waals surface area contributed by atoms with Crippen LogP contribution in [0.2, 0.25) is 0 Å². The third-order valence-corrected chi connectivity index (χ3v) is 4.86. The molecule has 2 aromatic carbocycles. The lowest BCUT2D eigenvalue weighted by atomic mass is 10.0. The summed E-state index contributed by atoms with van der Waals surface area (Å²) < 4.78 is 4.93. The molecule has 1 amide bonds. The number of nitrogens with zero attached hydrogens (tertiary/aromatic N) is 1. The molecule has 0 unspecified atom stereocenters. The van der Waals surface area contributed by atoms with Gasteiger partial charge in [0.05, 0.1) is 16.7 Å². The predicted octanol–water partition coefficient (Wildman–Crippen LogP) is 2.55. The fourth-order valence-electron chi connectivity index (χ4n) is 2.38. The maximum Gasteiger partial charge on any atom is 0.316 e. The van der Waals surface area contributed by atoms with Crippen LogP contribution in [-0.4, -0.2) is 41.0 Å². The van der Waals surface area contributed by atoms with Crippen molar-refractivity contribution in [3.63, 3.8) is 0 Å². The highest BCUT2D eigenvalue weighted by atomic mass is 32.2. The van der Waals surface area contributed by atoms with Gasteiger partial charge in [0.1, 0.15) is 0 Å². The summed E-state index contributed by atoms with van der Waals surface area (Å²) in [6, 6.07) is 14.3. The first kappa shape index (κ1) is 22.1. The number of benzene rings is 2. The van der Waals surface area contributed by atoms with E-state index in [-0.39, 0.29) is 17.2 Å². The zero-order valence-electron chi connectivity index (χ0n) is 15.7. The van der Waals surface area contributed by atoms with Gasteiger partial charge in [0.15, 0.2) is 12.4 Å². The molecule has 152 valence electrons. The van der Waals surface area contributed by atoms with Gasteiger partial charge in [0.2, 0.25) is 0 Å². The van der Waals surface area contributed by atoms with E-state index in [0.717, 1.165) is 17.3 Å². The molecule has 1 atom stereocenters. The van der Waals surface area contributed by atoms with Gasteiger partial charge < -0.3 is 10.1 Å². The highest BCUT2D eigenvalue weighted by Crippen LogP contribution is 2.21. The first-order valence-electron chi connectivity index (χ1n) is 8.72. The highest BCUT2D eigenvalue weighted by Gasteiger charge is 2.18. The van der Waals surface area contributed by atoms with Crippen LogP contribution in [0.1, 0.15) is 12.5 Å². The molecule has 1 N–H and O–H groups in total. The highest BCUT2D eigenvalue weighted by molar-refractivity contribution is 8.00. The van der Waals surface area contributed by atoms with E-state index < -0.39 is 29.4 Å². The largest absolute Gasteiger partial charge is 0.455 e. The van der Waals surface area contributed by atoms with Crippen molar-refractivity contribution in [2.45, 2.75) is 24.3 Å². The van der Waals surface area contributed by atoms with Gasteiger partial charge in [-0.3, -0.25) is 24.5 Å². The number of nitro groups is 1. The fraction of sp³-hybridized carbons (Fsp3) is 0.250. The summed E-state index contributed by atoms with van der Waals surface area (Å²) in [5, 5.41) is 13.2. The van der Waals surface area contributed by atoms with Crippen molar-refractivity contribution >= 4 is 35.1 Å². The van der Waals surface area contributed by atoms with Gasteiger partial charge in [-0.05, 0) is 31.0 Å². The van der Waals surface area contributed by atoms with E-state index in [1.54, 1.807) is 0 Å². The monoisotopic (exact) mass is 416 g/mol. The lowest BCUT2D eigenvalue weighted by Crippen LogP contribution is -2.43. The summed E-state index contributed by atoms with van der Waals surface area (Å²) in [4.78, 5) is 46.4. The Balaban J connectivity index is 1.75. The van der Waals surface area contributed by atoms with E-state index >= 15 is 0 Å². The van der Waals surface area contributed by atoms with Crippen molar-refractivity contribution in [3.8, 4) is 0 Å². The molecule has 0 aromatic heterocycles. The number of rotatable bonds is 10. The van der Waals surface area contributed by atoms with Crippen LogP contribution in [0.3, 0.4) is 0 Å². The SMILES string of the molecule is CC(=O)[C@@H](Cc1ccccc1)NC(=O)COC(=O)CSc1ccc([N+](=O)[O-])cc1. The predicted molar refractivity (Wildman–Crippen MR) is 108 cm³/mol. The quantitative estimate of drug-likeness (QED) is 0.274. The van der Waals surface area contributed by atoms with Crippen LogP contribution in [0.25, 0.3) is 0 Å².